The molecule has 0 bridgehead atoms. The van der Waals surface area contributed by atoms with Crippen LogP contribution in [0.15, 0.2) is 36.8 Å². The Balaban J connectivity index is 2.55. The largest absolute Gasteiger partial charge is 0.375 e. The van der Waals surface area contributed by atoms with E-state index in [1.54, 1.807) is 23.5 Å². The van der Waals surface area contributed by atoms with Crippen LogP contribution in [-0.2, 0) is 9.53 Å². The number of carbonyl (C=O) groups excluding carboxylic acids is 1. The molecule has 2 aromatic rings. The maximum Gasteiger partial charge on any atom is 0.258 e. The molecule has 5 nitrogen and oxygen atoms in total. The van der Waals surface area contributed by atoms with Gasteiger partial charge in [0.25, 0.3) is 5.91 Å². The molecule has 104 valence electrons. The molecule has 0 N–H and O–H groups in total. The topological polar surface area (TPSA) is 55.3 Å². The van der Waals surface area contributed by atoms with Gasteiger partial charge in [0.1, 0.15) is 6.61 Å². The Morgan fingerprint density at radius 3 is 2.50 bits per heavy atom. The van der Waals surface area contributed by atoms with E-state index in [-0.39, 0.29) is 12.5 Å². The van der Waals surface area contributed by atoms with Crippen LogP contribution in [0.5, 0.6) is 0 Å². The highest BCUT2D eigenvalue weighted by molar-refractivity contribution is 6.01. The molecule has 0 saturated carbocycles. The number of ether oxygens (including phenoxy) is 1. The van der Waals surface area contributed by atoms with Crippen molar-refractivity contribution in [3.8, 4) is 0 Å². The number of aromatic nitrogens is 2. The summed E-state index contributed by atoms with van der Waals surface area (Å²) >= 11 is 0. The van der Waals surface area contributed by atoms with Crippen LogP contribution in [0.4, 0.5) is 11.5 Å². The van der Waals surface area contributed by atoms with Crippen LogP contribution in [0.1, 0.15) is 11.1 Å². The summed E-state index contributed by atoms with van der Waals surface area (Å²) in [6.07, 6.45) is 4.71. The van der Waals surface area contributed by atoms with E-state index in [1.165, 1.54) is 7.11 Å². The molecule has 0 unspecified atom stereocenters. The third-order valence-electron chi connectivity index (χ3n) is 2.96. The van der Waals surface area contributed by atoms with Crippen LogP contribution in [0.25, 0.3) is 0 Å². The van der Waals surface area contributed by atoms with Crippen molar-refractivity contribution in [2.75, 3.05) is 18.6 Å². The first-order valence-electron chi connectivity index (χ1n) is 6.29. The number of aryl methyl sites for hydroxylation is 2. The van der Waals surface area contributed by atoms with Crippen LogP contribution >= 0.6 is 0 Å². The number of nitrogens with zero attached hydrogens (tertiary/aromatic N) is 3. The minimum absolute atomic E-state index is 0.00957. The predicted molar refractivity (Wildman–Crippen MR) is 77.0 cm³/mol. The van der Waals surface area contributed by atoms with E-state index < -0.39 is 0 Å². The zero-order valence-electron chi connectivity index (χ0n) is 11.8. The zero-order valence-corrected chi connectivity index (χ0v) is 11.8. The highest BCUT2D eigenvalue weighted by Crippen LogP contribution is 2.30. The molecular weight excluding hydrogens is 254 g/mol. The standard InChI is InChI=1S/C15H17N3O2/c1-11-5-4-6-12(2)15(11)18(14(19)10-20-3)13-9-16-7-8-17-13/h4-9H,10H2,1-3H3. The third-order valence-corrected chi connectivity index (χ3v) is 2.96. The lowest BCUT2D eigenvalue weighted by Crippen LogP contribution is -2.31. The number of methoxy groups -OCH3 is 1. The number of rotatable bonds is 4. The van der Waals surface area contributed by atoms with E-state index in [0.717, 1.165) is 16.8 Å². The van der Waals surface area contributed by atoms with Crippen LogP contribution in [0, 0.1) is 13.8 Å². The summed E-state index contributed by atoms with van der Waals surface area (Å²) in [4.78, 5) is 22.2. The lowest BCUT2D eigenvalue weighted by Gasteiger charge is -2.24. The van der Waals surface area contributed by atoms with Crippen molar-refractivity contribution >= 4 is 17.4 Å². The summed E-state index contributed by atoms with van der Waals surface area (Å²) in [5.41, 5.74) is 2.83. The van der Waals surface area contributed by atoms with Gasteiger partial charge in [-0.25, -0.2) is 4.98 Å². The van der Waals surface area contributed by atoms with Gasteiger partial charge in [0.2, 0.25) is 0 Å². The lowest BCUT2D eigenvalue weighted by atomic mass is 10.1. The highest BCUT2D eigenvalue weighted by Gasteiger charge is 2.22. The number of benzene rings is 1. The second-order valence-corrected chi connectivity index (χ2v) is 4.47. The summed E-state index contributed by atoms with van der Waals surface area (Å²) < 4.78 is 4.97. The molecule has 0 atom stereocenters. The molecule has 0 fully saturated rings. The van der Waals surface area contributed by atoms with E-state index in [2.05, 4.69) is 9.97 Å². The summed E-state index contributed by atoms with van der Waals surface area (Å²) in [6, 6.07) is 5.89. The highest BCUT2D eigenvalue weighted by atomic mass is 16.5. The normalized spacial score (nSPS) is 10.3. The van der Waals surface area contributed by atoms with Gasteiger partial charge in [-0.05, 0) is 25.0 Å². The number of anilines is 2. The Morgan fingerprint density at radius 2 is 1.95 bits per heavy atom. The SMILES string of the molecule is COCC(=O)N(c1cnccn1)c1c(C)cccc1C. The number of hydrogen-bond donors (Lipinski definition) is 0. The van der Waals surface area contributed by atoms with Crippen molar-refractivity contribution in [2.45, 2.75) is 13.8 Å². The van der Waals surface area contributed by atoms with E-state index in [1.807, 2.05) is 32.0 Å². The zero-order chi connectivity index (χ0) is 14.5. The van der Waals surface area contributed by atoms with Crippen molar-refractivity contribution in [1.82, 2.24) is 9.97 Å². The second-order valence-electron chi connectivity index (χ2n) is 4.47. The molecule has 0 saturated heterocycles. The van der Waals surface area contributed by atoms with Gasteiger partial charge >= 0.3 is 0 Å². The molecule has 0 radical (unpaired) electrons. The van der Waals surface area contributed by atoms with Gasteiger partial charge in [0.05, 0.1) is 11.9 Å². The molecule has 0 aliphatic rings. The fraction of sp³-hybridized carbons (Fsp3) is 0.267. The van der Waals surface area contributed by atoms with Gasteiger partial charge in [0.15, 0.2) is 5.82 Å². The molecule has 20 heavy (non-hydrogen) atoms. The third kappa shape index (κ3) is 2.83. The van der Waals surface area contributed by atoms with Crippen molar-refractivity contribution in [1.29, 1.82) is 0 Å². The number of carbonyl (C=O) groups is 1. The molecule has 1 amide bonds. The molecule has 0 spiro atoms. The lowest BCUT2D eigenvalue weighted by molar-refractivity contribution is -0.121. The Hall–Kier alpha value is -2.27. The summed E-state index contributed by atoms with van der Waals surface area (Å²) in [6.45, 7) is 3.92. The smallest absolute Gasteiger partial charge is 0.258 e. The van der Waals surface area contributed by atoms with Crippen molar-refractivity contribution in [2.24, 2.45) is 0 Å². The summed E-state index contributed by atoms with van der Waals surface area (Å²) in [5, 5.41) is 0. The van der Waals surface area contributed by atoms with E-state index in [0.29, 0.717) is 5.82 Å². The van der Waals surface area contributed by atoms with Crippen LogP contribution < -0.4 is 4.90 Å². The van der Waals surface area contributed by atoms with Crippen molar-refractivity contribution in [3.63, 3.8) is 0 Å². The average molecular weight is 271 g/mol. The van der Waals surface area contributed by atoms with Crippen molar-refractivity contribution in [3.05, 3.63) is 47.9 Å². The molecule has 0 aliphatic heterocycles. The van der Waals surface area contributed by atoms with Crippen LogP contribution in [-0.4, -0.2) is 29.6 Å². The summed E-state index contributed by atoms with van der Waals surface area (Å²) in [7, 11) is 1.50. The summed E-state index contributed by atoms with van der Waals surface area (Å²) in [5.74, 6) is 0.317. The van der Waals surface area contributed by atoms with Crippen LogP contribution in [0.2, 0.25) is 0 Å². The Bertz CT molecular complexity index is 579. The van der Waals surface area contributed by atoms with Gasteiger partial charge in [-0.1, -0.05) is 18.2 Å². The van der Waals surface area contributed by atoms with Gasteiger partial charge in [-0.3, -0.25) is 14.7 Å². The monoisotopic (exact) mass is 271 g/mol. The molecule has 2 rings (SSSR count). The maximum absolute atomic E-state index is 12.4. The van der Waals surface area contributed by atoms with Gasteiger partial charge < -0.3 is 4.74 Å². The first-order valence-corrected chi connectivity index (χ1v) is 6.29. The second kappa shape index (κ2) is 6.25. The van der Waals surface area contributed by atoms with Gasteiger partial charge in [-0.15, -0.1) is 0 Å². The minimum Gasteiger partial charge on any atom is -0.375 e. The molecule has 1 aromatic carbocycles. The number of hydrogen-bond acceptors (Lipinski definition) is 4. The van der Waals surface area contributed by atoms with Gasteiger partial charge in [0, 0.05) is 19.5 Å². The maximum atomic E-state index is 12.4. The first kappa shape index (κ1) is 14.1. The van der Waals surface area contributed by atoms with E-state index in [4.69, 9.17) is 4.74 Å². The number of amides is 1. The fourth-order valence-electron chi connectivity index (χ4n) is 2.12. The number of para-hydroxylation sites is 1. The van der Waals surface area contributed by atoms with Crippen LogP contribution in [0.3, 0.4) is 0 Å². The average Bonchev–Trinajstić information content (AvgIpc) is 2.44. The van der Waals surface area contributed by atoms with Crippen molar-refractivity contribution < 1.29 is 9.53 Å². The van der Waals surface area contributed by atoms with E-state index in [9.17, 15) is 4.79 Å². The molecule has 1 heterocycles. The predicted octanol–water partition coefficient (Wildman–Crippen LogP) is 2.40. The Kier molecular flexibility index (Phi) is 4.42. The fourth-order valence-corrected chi connectivity index (χ4v) is 2.12. The molecule has 1 aromatic heterocycles. The van der Waals surface area contributed by atoms with E-state index >= 15 is 0 Å². The molecule has 0 aliphatic carbocycles. The van der Waals surface area contributed by atoms with Gasteiger partial charge in [-0.2, -0.15) is 0 Å². The Labute approximate surface area is 118 Å². The first-order chi connectivity index (χ1) is 9.65. The Morgan fingerprint density at radius 1 is 1.25 bits per heavy atom. The minimum atomic E-state index is -0.176. The molecule has 5 heteroatoms. The quantitative estimate of drug-likeness (QED) is 0.857. The molecular formula is C15H17N3O2.